The van der Waals surface area contributed by atoms with Gasteiger partial charge < -0.3 is 5.32 Å². The van der Waals surface area contributed by atoms with Crippen LogP contribution in [0.2, 0.25) is 0 Å². The van der Waals surface area contributed by atoms with E-state index in [1.165, 1.54) is 12.1 Å². The standard InChI is InChI=1S/C10H10BrFINO/c11-7-2-3-9(12)8(6-7)10(15)14-5-1-4-13/h2-3,6H,1,4-5H2,(H,14,15). The molecule has 0 bridgehead atoms. The highest BCUT2D eigenvalue weighted by Gasteiger charge is 2.10. The first-order valence-corrected chi connectivity index (χ1v) is 6.76. The summed E-state index contributed by atoms with van der Waals surface area (Å²) in [4.78, 5) is 11.5. The molecule has 0 aliphatic carbocycles. The summed E-state index contributed by atoms with van der Waals surface area (Å²) in [5, 5.41) is 2.66. The molecule has 0 unspecified atom stereocenters. The Balaban J connectivity index is 2.68. The van der Waals surface area contributed by atoms with E-state index in [-0.39, 0.29) is 11.5 Å². The van der Waals surface area contributed by atoms with Crippen LogP contribution in [0, 0.1) is 5.82 Å². The molecule has 0 heterocycles. The Morgan fingerprint density at radius 1 is 1.53 bits per heavy atom. The molecule has 0 atom stereocenters. The Bertz CT molecular complexity index is 359. The van der Waals surface area contributed by atoms with Crippen LogP contribution in [-0.2, 0) is 0 Å². The SMILES string of the molecule is O=C(NCCCI)c1cc(Br)ccc1F. The first-order valence-electron chi connectivity index (χ1n) is 4.44. The zero-order chi connectivity index (χ0) is 11.3. The second kappa shape index (κ2) is 6.42. The molecule has 1 aromatic carbocycles. The average molecular weight is 386 g/mol. The molecule has 1 N–H and O–H groups in total. The lowest BCUT2D eigenvalue weighted by Gasteiger charge is -2.05. The van der Waals surface area contributed by atoms with Crippen LogP contribution in [0.15, 0.2) is 22.7 Å². The second-order valence-corrected chi connectivity index (χ2v) is 4.92. The van der Waals surface area contributed by atoms with E-state index < -0.39 is 5.82 Å². The number of halogens is 3. The van der Waals surface area contributed by atoms with Gasteiger partial charge in [0.2, 0.25) is 0 Å². The van der Waals surface area contributed by atoms with Crippen molar-refractivity contribution in [2.24, 2.45) is 0 Å². The van der Waals surface area contributed by atoms with Crippen LogP contribution in [0.4, 0.5) is 4.39 Å². The molecular weight excluding hydrogens is 376 g/mol. The summed E-state index contributed by atoms with van der Waals surface area (Å²) < 4.78 is 14.9. The number of carbonyl (C=O) groups excluding carboxylic acids is 1. The van der Waals surface area contributed by atoms with Gasteiger partial charge in [-0.15, -0.1) is 0 Å². The predicted octanol–water partition coefficient (Wildman–Crippen LogP) is 3.14. The molecule has 0 aromatic heterocycles. The zero-order valence-corrected chi connectivity index (χ0v) is 11.6. The number of hydrogen-bond donors (Lipinski definition) is 1. The predicted molar refractivity (Wildman–Crippen MR) is 69.9 cm³/mol. The van der Waals surface area contributed by atoms with E-state index in [9.17, 15) is 9.18 Å². The molecule has 1 aromatic rings. The monoisotopic (exact) mass is 385 g/mol. The van der Waals surface area contributed by atoms with E-state index in [1.807, 2.05) is 0 Å². The van der Waals surface area contributed by atoms with Gasteiger partial charge in [-0.25, -0.2) is 4.39 Å². The molecule has 0 fully saturated rings. The van der Waals surface area contributed by atoms with Crippen molar-refractivity contribution in [3.8, 4) is 0 Å². The maximum atomic E-state index is 13.2. The van der Waals surface area contributed by atoms with Gasteiger partial charge in [-0.05, 0) is 24.6 Å². The van der Waals surface area contributed by atoms with E-state index in [1.54, 1.807) is 6.07 Å². The smallest absolute Gasteiger partial charge is 0.254 e. The van der Waals surface area contributed by atoms with Gasteiger partial charge in [0.15, 0.2) is 0 Å². The Morgan fingerprint density at radius 2 is 2.27 bits per heavy atom. The molecule has 0 radical (unpaired) electrons. The van der Waals surface area contributed by atoms with Crippen molar-refractivity contribution >= 4 is 44.4 Å². The number of benzene rings is 1. The Labute approximate surface area is 110 Å². The number of alkyl halides is 1. The molecule has 1 rings (SSSR count). The summed E-state index contributed by atoms with van der Waals surface area (Å²) in [5.41, 5.74) is 0.0813. The minimum atomic E-state index is -0.495. The molecule has 82 valence electrons. The van der Waals surface area contributed by atoms with Crippen LogP contribution in [0.25, 0.3) is 0 Å². The van der Waals surface area contributed by atoms with Crippen LogP contribution in [0.1, 0.15) is 16.8 Å². The fourth-order valence-corrected chi connectivity index (χ4v) is 1.78. The highest BCUT2D eigenvalue weighted by atomic mass is 127. The lowest BCUT2D eigenvalue weighted by Crippen LogP contribution is -2.25. The van der Waals surface area contributed by atoms with Crippen LogP contribution in [0.3, 0.4) is 0 Å². The number of carbonyl (C=O) groups is 1. The van der Waals surface area contributed by atoms with E-state index in [0.717, 1.165) is 10.8 Å². The molecule has 15 heavy (non-hydrogen) atoms. The fraction of sp³-hybridized carbons (Fsp3) is 0.300. The minimum absolute atomic E-state index is 0.0813. The normalized spacial score (nSPS) is 10.1. The van der Waals surface area contributed by atoms with Crippen LogP contribution >= 0.6 is 38.5 Å². The highest BCUT2D eigenvalue weighted by molar-refractivity contribution is 14.1. The lowest BCUT2D eigenvalue weighted by molar-refractivity contribution is 0.0950. The van der Waals surface area contributed by atoms with Crippen LogP contribution < -0.4 is 5.32 Å². The fourth-order valence-electron chi connectivity index (χ4n) is 1.04. The van der Waals surface area contributed by atoms with Gasteiger partial charge in [-0.3, -0.25) is 4.79 Å². The third kappa shape index (κ3) is 4.06. The summed E-state index contributed by atoms with van der Waals surface area (Å²) >= 11 is 5.43. The summed E-state index contributed by atoms with van der Waals surface area (Å²) in [5.74, 6) is -0.858. The molecular formula is C10H10BrFINO. The Hall–Kier alpha value is -0.170. The van der Waals surface area contributed by atoms with E-state index in [2.05, 4.69) is 43.8 Å². The van der Waals surface area contributed by atoms with Crippen molar-refractivity contribution in [3.05, 3.63) is 34.1 Å². The van der Waals surface area contributed by atoms with E-state index in [0.29, 0.717) is 11.0 Å². The molecule has 5 heteroatoms. The van der Waals surface area contributed by atoms with Gasteiger partial charge in [-0.2, -0.15) is 0 Å². The summed E-state index contributed by atoms with van der Waals surface area (Å²) in [6, 6.07) is 4.32. The zero-order valence-electron chi connectivity index (χ0n) is 7.90. The van der Waals surface area contributed by atoms with Crippen molar-refractivity contribution in [2.45, 2.75) is 6.42 Å². The van der Waals surface area contributed by atoms with E-state index >= 15 is 0 Å². The Morgan fingerprint density at radius 3 is 2.93 bits per heavy atom. The van der Waals surface area contributed by atoms with Gasteiger partial charge in [0.1, 0.15) is 5.82 Å². The minimum Gasteiger partial charge on any atom is -0.352 e. The molecule has 1 amide bonds. The third-order valence-corrected chi connectivity index (χ3v) is 3.03. The van der Waals surface area contributed by atoms with Crippen molar-refractivity contribution in [1.82, 2.24) is 5.32 Å². The van der Waals surface area contributed by atoms with Crippen molar-refractivity contribution in [3.63, 3.8) is 0 Å². The largest absolute Gasteiger partial charge is 0.352 e. The van der Waals surface area contributed by atoms with E-state index in [4.69, 9.17) is 0 Å². The average Bonchev–Trinajstić information content (AvgIpc) is 2.22. The van der Waals surface area contributed by atoms with Gasteiger partial charge in [0.25, 0.3) is 5.91 Å². The molecule has 0 aliphatic rings. The molecule has 0 saturated heterocycles. The van der Waals surface area contributed by atoms with Gasteiger partial charge >= 0.3 is 0 Å². The number of nitrogens with one attached hydrogen (secondary N) is 1. The maximum Gasteiger partial charge on any atom is 0.254 e. The number of hydrogen-bond acceptors (Lipinski definition) is 1. The molecule has 0 saturated carbocycles. The van der Waals surface area contributed by atoms with Gasteiger partial charge in [0, 0.05) is 15.4 Å². The summed E-state index contributed by atoms with van der Waals surface area (Å²) in [6.45, 7) is 0.577. The van der Waals surface area contributed by atoms with Gasteiger partial charge in [-0.1, -0.05) is 38.5 Å². The quantitative estimate of drug-likeness (QED) is 0.481. The first kappa shape index (κ1) is 12.9. The number of amides is 1. The van der Waals surface area contributed by atoms with Crippen LogP contribution in [-0.4, -0.2) is 16.9 Å². The van der Waals surface area contributed by atoms with Crippen LogP contribution in [0.5, 0.6) is 0 Å². The molecule has 2 nitrogen and oxygen atoms in total. The summed E-state index contributed by atoms with van der Waals surface area (Å²) in [6.07, 6.45) is 0.891. The first-order chi connectivity index (χ1) is 7.15. The van der Waals surface area contributed by atoms with Crippen molar-refractivity contribution in [2.75, 3.05) is 11.0 Å². The highest BCUT2D eigenvalue weighted by Crippen LogP contribution is 2.15. The molecule has 0 aliphatic heterocycles. The third-order valence-electron chi connectivity index (χ3n) is 1.77. The molecule has 0 spiro atoms. The van der Waals surface area contributed by atoms with Crippen molar-refractivity contribution < 1.29 is 9.18 Å². The van der Waals surface area contributed by atoms with Crippen molar-refractivity contribution in [1.29, 1.82) is 0 Å². The van der Waals surface area contributed by atoms with Gasteiger partial charge in [0.05, 0.1) is 5.56 Å². The number of rotatable bonds is 4. The Kier molecular flexibility index (Phi) is 5.52. The topological polar surface area (TPSA) is 29.1 Å². The maximum absolute atomic E-state index is 13.2. The summed E-state index contributed by atoms with van der Waals surface area (Å²) in [7, 11) is 0. The lowest BCUT2D eigenvalue weighted by atomic mass is 10.2. The second-order valence-electron chi connectivity index (χ2n) is 2.92.